The van der Waals surface area contributed by atoms with Crippen molar-refractivity contribution >= 4 is 39.8 Å². The van der Waals surface area contributed by atoms with E-state index >= 15 is 0 Å². The predicted octanol–water partition coefficient (Wildman–Crippen LogP) is 5.32. The average molecular weight is 406 g/mol. The first kappa shape index (κ1) is 19.2. The van der Waals surface area contributed by atoms with E-state index in [4.69, 9.17) is 11.6 Å². The molecule has 1 saturated heterocycles. The number of aliphatic hydroxyl groups excluding tert-OH is 1. The molecule has 0 aromatic heterocycles. The lowest BCUT2D eigenvalue weighted by molar-refractivity contribution is -0.139. The molecular formula is C24H20ClNO3. The summed E-state index contributed by atoms with van der Waals surface area (Å²) in [4.78, 5) is 27.2. The van der Waals surface area contributed by atoms with Crippen LogP contribution in [-0.4, -0.2) is 28.2 Å². The second-order valence-corrected chi connectivity index (χ2v) is 7.51. The van der Waals surface area contributed by atoms with E-state index in [0.29, 0.717) is 23.6 Å². The molecule has 1 fully saturated rings. The highest BCUT2D eigenvalue weighted by Crippen LogP contribution is 2.40. The molecule has 1 aliphatic heterocycles. The minimum absolute atomic E-state index is 0.113. The summed E-state index contributed by atoms with van der Waals surface area (Å²) in [6.07, 6.45) is 0.700. The first-order valence-electron chi connectivity index (χ1n) is 9.55. The van der Waals surface area contributed by atoms with Crippen LogP contribution in [-0.2, 0) is 9.59 Å². The molecule has 1 unspecified atom stereocenters. The van der Waals surface area contributed by atoms with Crippen molar-refractivity contribution < 1.29 is 14.7 Å². The molecule has 0 bridgehead atoms. The maximum atomic E-state index is 13.0. The third-order valence-corrected chi connectivity index (χ3v) is 5.49. The van der Waals surface area contributed by atoms with E-state index in [-0.39, 0.29) is 11.3 Å². The summed E-state index contributed by atoms with van der Waals surface area (Å²) in [5.41, 5.74) is 1.39. The van der Waals surface area contributed by atoms with Gasteiger partial charge in [0.15, 0.2) is 0 Å². The molecule has 0 saturated carbocycles. The SMILES string of the molecule is CCCN1C(=O)C(=O)/C(=C(\O)c2cccc3ccccc23)C1c1ccc(Cl)cc1. The number of amides is 1. The largest absolute Gasteiger partial charge is 0.507 e. The molecule has 3 aromatic carbocycles. The van der Waals surface area contributed by atoms with Crippen LogP contribution in [0.2, 0.25) is 5.02 Å². The molecule has 4 nitrogen and oxygen atoms in total. The number of halogens is 1. The molecule has 1 heterocycles. The minimum atomic E-state index is -0.663. The highest BCUT2D eigenvalue weighted by Gasteiger charge is 2.45. The number of hydrogen-bond donors (Lipinski definition) is 1. The van der Waals surface area contributed by atoms with Crippen molar-refractivity contribution in [3.63, 3.8) is 0 Å². The maximum Gasteiger partial charge on any atom is 0.295 e. The van der Waals surface area contributed by atoms with E-state index in [1.54, 1.807) is 30.3 Å². The molecule has 1 amide bonds. The van der Waals surface area contributed by atoms with Crippen LogP contribution >= 0.6 is 11.6 Å². The Hall–Kier alpha value is -3.11. The number of likely N-dealkylation sites (tertiary alicyclic amines) is 1. The Labute approximate surface area is 174 Å². The molecule has 5 heteroatoms. The van der Waals surface area contributed by atoms with Gasteiger partial charge in [-0.15, -0.1) is 0 Å². The average Bonchev–Trinajstić information content (AvgIpc) is 2.99. The zero-order chi connectivity index (χ0) is 20.5. The molecule has 1 aliphatic rings. The van der Waals surface area contributed by atoms with Crippen molar-refractivity contribution in [1.82, 2.24) is 4.90 Å². The van der Waals surface area contributed by atoms with Gasteiger partial charge in [-0.05, 0) is 34.9 Å². The summed E-state index contributed by atoms with van der Waals surface area (Å²) in [6.45, 7) is 2.37. The van der Waals surface area contributed by atoms with Gasteiger partial charge in [0.25, 0.3) is 11.7 Å². The number of ketones is 1. The second-order valence-electron chi connectivity index (χ2n) is 7.07. The van der Waals surface area contributed by atoms with Crippen LogP contribution in [0.1, 0.15) is 30.5 Å². The highest BCUT2D eigenvalue weighted by molar-refractivity contribution is 6.46. The lowest BCUT2D eigenvalue weighted by Gasteiger charge is -2.25. The molecular weight excluding hydrogens is 386 g/mol. The zero-order valence-corrected chi connectivity index (χ0v) is 16.7. The Kier molecular flexibility index (Phi) is 5.12. The fourth-order valence-electron chi connectivity index (χ4n) is 3.92. The molecule has 29 heavy (non-hydrogen) atoms. The van der Waals surface area contributed by atoms with E-state index in [2.05, 4.69) is 0 Å². The van der Waals surface area contributed by atoms with Crippen LogP contribution in [0, 0.1) is 0 Å². The van der Waals surface area contributed by atoms with Crippen LogP contribution in [0.3, 0.4) is 0 Å². The summed E-state index contributed by atoms with van der Waals surface area (Å²) in [5.74, 6) is -1.41. The van der Waals surface area contributed by atoms with Crippen LogP contribution in [0.4, 0.5) is 0 Å². The van der Waals surface area contributed by atoms with E-state index in [0.717, 1.165) is 16.3 Å². The first-order chi connectivity index (χ1) is 14.0. The number of carbonyl (C=O) groups is 2. The predicted molar refractivity (Wildman–Crippen MR) is 115 cm³/mol. The Bertz CT molecular complexity index is 1130. The highest BCUT2D eigenvalue weighted by atomic mass is 35.5. The van der Waals surface area contributed by atoms with Crippen molar-refractivity contribution in [2.75, 3.05) is 6.54 Å². The molecule has 0 spiro atoms. The van der Waals surface area contributed by atoms with Crippen LogP contribution in [0.25, 0.3) is 16.5 Å². The molecule has 1 atom stereocenters. The van der Waals surface area contributed by atoms with Gasteiger partial charge in [0.1, 0.15) is 5.76 Å². The van der Waals surface area contributed by atoms with E-state index in [1.165, 1.54) is 4.90 Å². The standard InChI is InChI=1S/C24H20ClNO3/c1-2-14-26-21(16-10-12-17(25)13-11-16)20(23(28)24(26)29)22(27)19-9-5-7-15-6-3-4-8-18(15)19/h3-13,21,27H,2,14H2,1H3/b22-20-. The molecule has 3 aromatic rings. The van der Waals surface area contributed by atoms with Crippen molar-refractivity contribution in [3.8, 4) is 0 Å². The fourth-order valence-corrected chi connectivity index (χ4v) is 4.05. The number of benzene rings is 3. The summed E-state index contributed by atoms with van der Waals surface area (Å²) < 4.78 is 0. The quantitative estimate of drug-likeness (QED) is 0.363. The van der Waals surface area contributed by atoms with Gasteiger partial charge in [-0.25, -0.2) is 0 Å². The van der Waals surface area contributed by atoms with Crippen molar-refractivity contribution in [2.24, 2.45) is 0 Å². The van der Waals surface area contributed by atoms with Gasteiger partial charge >= 0.3 is 0 Å². The Balaban J connectivity index is 1.95. The van der Waals surface area contributed by atoms with Crippen molar-refractivity contribution in [3.05, 3.63) is 88.5 Å². The normalized spacial score (nSPS) is 18.6. The molecule has 0 radical (unpaired) electrons. The first-order valence-corrected chi connectivity index (χ1v) is 9.92. The molecule has 0 aliphatic carbocycles. The number of carbonyl (C=O) groups excluding carboxylic acids is 2. The Morgan fingerprint density at radius 3 is 2.41 bits per heavy atom. The monoisotopic (exact) mass is 405 g/mol. The lowest BCUT2D eigenvalue weighted by Crippen LogP contribution is -2.30. The lowest BCUT2D eigenvalue weighted by atomic mass is 9.93. The van der Waals surface area contributed by atoms with E-state index in [1.807, 2.05) is 43.3 Å². The van der Waals surface area contributed by atoms with Crippen LogP contribution < -0.4 is 0 Å². The van der Waals surface area contributed by atoms with Gasteiger partial charge < -0.3 is 10.0 Å². The molecule has 146 valence electrons. The van der Waals surface area contributed by atoms with E-state index in [9.17, 15) is 14.7 Å². The number of aliphatic hydroxyl groups is 1. The Morgan fingerprint density at radius 2 is 1.69 bits per heavy atom. The van der Waals surface area contributed by atoms with Crippen LogP contribution in [0.5, 0.6) is 0 Å². The summed E-state index contributed by atoms with van der Waals surface area (Å²) >= 11 is 6.02. The minimum Gasteiger partial charge on any atom is -0.507 e. The number of Topliss-reactive ketones (excluding diaryl/α,β-unsaturated/α-hetero) is 1. The van der Waals surface area contributed by atoms with Crippen molar-refractivity contribution in [1.29, 1.82) is 0 Å². The number of fused-ring (bicyclic) bond motifs is 1. The third-order valence-electron chi connectivity index (χ3n) is 5.23. The number of hydrogen-bond acceptors (Lipinski definition) is 3. The number of rotatable bonds is 4. The summed E-state index contributed by atoms with van der Waals surface area (Å²) in [5, 5.41) is 13.6. The van der Waals surface area contributed by atoms with Gasteiger partial charge in [-0.2, -0.15) is 0 Å². The van der Waals surface area contributed by atoms with Gasteiger partial charge in [0, 0.05) is 17.1 Å². The second kappa shape index (κ2) is 7.72. The molecule has 1 N–H and O–H groups in total. The smallest absolute Gasteiger partial charge is 0.295 e. The van der Waals surface area contributed by atoms with Gasteiger partial charge in [-0.1, -0.05) is 73.1 Å². The van der Waals surface area contributed by atoms with Crippen molar-refractivity contribution in [2.45, 2.75) is 19.4 Å². The van der Waals surface area contributed by atoms with Gasteiger partial charge in [0.05, 0.1) is 11.6 Å². The fraction of sp³-hybridized carbons (Fsp3) is 0.167. The summed E-state index contributed by atoms with van der Waals surface area (Å²) in [7, 11) is 0. The Morgan fingerprint density at radius 1 is 1.00 bits per heavy atom. The summed E-state index contributed by atoms with van der Waals surface area (Å²) in [6, 6.07) is 19.6. The molecule has 4 rings (SSSR count). The van der Waals surface area contributed by atoms with E-state index < -0.39 is 17.7 Å². The number of nitrogens with zero attached hydrogens (tertiary/aromatic N) is 1. The van der Waals surface area contributed by atoms with Gasteiger partial charge in [-0.3, -0.25) is 9.59 Å². The zero-order valence-electron chi connectivity index (χ0n) is 15.9. The maximum absolute atomic E-state index is 13.0. The van der Waals surface area contributed by atoms with Gasteiger partial charge in [0.2, 0.25) is 0 Å². The third kappa shape index (κ3) is 3.30. The topological polar surface area (TPSA) is 57.6 Å². The van der Waals surface area contributed by atoms with Crippen LogP contribution in [0.15, 0.2) is 72.3 Å².